The maximum Gasteiger partial charge on any atom is 0.255 e. The third kappa shape index (κ3) is 1.89. The maximum atomic E-state index is 12.5. The van der Waals surface area contributed by atoms with Gasteiger partial charge in [0.15, 0.2) is 0 Å². The summed E-state index contributed by atoms with van der Waals surface area (Å²) in [5.41, 5.74) is 2.19. The van der Waals surface area contributed by atoms with Crippen LogP contribution in [0.5, 0.6) is 0 Å². The SMILES string of the molecule is CCC1c2ccsc2CCN1C(=O)c1ccsc1. The van der Waals surface area contributed by atoms with Gasteiger partial charge in [-0.25, -0.2) is 0 Å². The Morgan fingerprint density at radius 2 is 2.33 bits per heavy atom. The van der Waals surface area contributed by atoms with Crippen LogP contribution in [0.4, 0.5) is 0 Å². The molecule has 0 N–H and O–H groups in total. The van der Waals surface area contributed by atoms with Gasteiger partial charge in [-0.1, -0.05) is 6.92 Å². The van der Waals surface area contributed by atoms with E-state index in [4.69, 9.17) is 0 Å². The number of rotatable bonds is 2. The van der Waals surface area contributed by atoms with Gasteiger partial charge in [0.25, 0.3) is 5.91 Å². The third-order valence-corrected chi connectivity index (χ3v) is 5.19. The lowest BCUT2D eigenvalue weighted by atomic mass is 9.97. The highest BCUT2D eigenvalue weighted by atomic mass is 32.1. The van der Waals surface area contributed by atoms with Crippen LogP contribution in [0.15, 0.2) is 28.3 Å². The monoisotopic (exact) mass is 277 g/mol. The molecule has 2 aromatic heterocycles. The molecule has 2 aromatic rings. The van der Waals surface area contributed by atoms with Gasteiger partial charge in [-0.15, -0.1) is 11.3 Å². The standard InChI is InChI=1S/C14H15NOS2/c1-2-12-11-5-8-18-13(11)3-6-15(12)14(16)10-4-7-17-9-10/h4-5,7-9,12H,2-3,6H2,1H3. The van der Waals surface area contributed by atoms with E-state index >= 15 is 0 Å². The molecular weight excluding hydrogens is 262 g/mol. The fourth-order valence-corrected chi connectivity index (χ4v) is 4.19. The van der Waals surface area contributed by atoms with Crippen molar-refractivity contribution in [2.75, 3.05) is 6.54 Å². The summed E-state index contributed by atoms with van der Waals surface area (Å²) < 4.78 is 0. The van der Waals surface area contributed by atoms with Gasteiger partial charge >= 0.3 is 0 Å². The molecule has 1 atom stereocenters. The lowest BCUT2D eigenvalue weighted by molar-refractivity contribution is 0.0658. The van der Waals surface area contributed by atoms with Gasteiger partial charge < -0.3 is 4.90 Å². The van der Waals surface area contributed by atoms with E-state index in [-0.39, 0.29) is 11.9 Å². The van der Waals surface area contributed by atoms with Crippen molar-refractivity contribution in [1.29, 1.82) is 0 Å². The van der Waals surface area contributed by atoms with Crippen molar-refractivity contribution >= 4 is 28.6 Å². The minimum atomic E-state index is 0.181. The van der Waals surface area contributed by atoms with Crippen LogP contribution < -0.4 is 0 Å². The van der Waals surface area contributed by atoms with Crippen LogP contribution >= 0.6 is 22.7 Å². The van der Waals surface area contributed by atoms with Crippen LogP contribution in [0, 0.1) is 0 Å². The van der Waals surface area contributed by atoms with Gasteiger partial charge in [0, 0.05) is 16.8 Å². The largest absolute Gasteiger partial charge is 0.331 e. The first kappa shape index (κ1) is 11.9. The summed E-state index contributed by atoms with van der Waals surface area (Å²) in [5, 5.41) is 6.05. The van der Waals surface area contributed by atoms with E-state index in [0.717, 1.165) is 24.9 Å². The zero-order valence-electron chi connectivity index (χ0n) is 10.3. The molecule has 0 fully saturated rings. The Labute approximate surface area is 115 Å². The Morgan fingerprint density at radius 1 is 1.44 bits per heavy atom. The number of carbonyl (C=O) groups excluding carboxylic acids is 1. The van der Waals surface area contributed by atoms with E-state index in [1.54, 1.807) is 11.3 Å². The third-order valence-electron chi connectivity index (χ3n) is 3.51. The number of hydrogen-bond donors (Lipinski definition) is 0. The van der Waals surface area contributed by atoms with E-state index in [2.05, 4.69) is 18.4 Å². The molecular formula is C14H15NOS2. The highest BCUT2D eigenvalue weighted by Gasteiger charge is 2.30. The Bertz CT molecular complexity index is 544. The normalized spacial score (nSPS) is 18.7. The summed E-state index contributed by atoms with van der Waals surface area (Å²) in [7, 11) is 0. The predicted molar refractivity (Wildman–Crippen MR) is 76.4 cm³/mol. The molecule has 0 saturated heterocycles. The van der Waals surface area contributed by atoms with Gasteiger partial charge in [0.1, 0.15) is 0 Å². The van der Waals surface area contributed by atoms with Crippen LogP contribution in [0.25, 0.3) is 0 Å². The molecule has 0 aromatic carbocycles. The zero-order valence-corrected chi connectivity index (χ0v) is 11.9. The Balaban J connectivity index is 1.92. The van der Waals surface area contributed by atoms with Crippen LogP contribution in [-0.2, 0) is 6.42 Å². The molecule has 1 amide bonds. The van der Waals surface area contributed by atoms with Crippen molar-refractivity contribution in [3.8, 4) is 0 Å². The summed E-state index contributed by atoms with van der Waals surface area (Å²) in [6.45, 7) is 3.01. The molecule has 94 valence electrons. The van der Waals surface area contributed by atoms with E-state index in [9.17, 15) is 4.79 Å². The molecule has 3 rings (SSSR count). The highest BCUT2D eigenvalue weighted by Crippen LogP contribution is 2.36. The van der Waals surface area contributed by atoms with Crippen LogP contribution in [-0.4, -0.2) is 17.4 Å². The number of carbonyl (C=O) groups is 1. The number of nitrogens with zero attached hydrogens (tertiary/aromatic N) is 1. The second-order valence-electron chi connectivity index (χ2n) is 4.48. The summed E-state index contributed by atoms with van der Waals surface area (Å²) in [6, 6.07) is 4.36. The van der Waals surface area contributed by atoms with Gasteiger partial charge in [0.2, 0.25) is 0 Å². The fraction of sp³-hybridized carbons (Fsp3) is 0.357. The second-order valence-corrected chi connectivity index (χ2v) is 6.26. The van der Waals surface area contributed by atoms with Gasteiger partial charge in [-0.05, 0) is 41.3 Å². The minimum Gasteiger partial charge on any atom is -0.331 e. The first-order valence-electron chi connectivity index (χ1n) is 6.20. The first-order valence-corrected chi connectivity index (χ1v) is 8.03. The molecule has 18 heavy (non-hydrogen) atoms. The molecule has 0 spiro atoms. The van der Waals surface area contributed by atoms with Crippen molar-refractivity contribution in [3.05, 3.63) is 44.3 Å². The zero-order chi connectivity index (χ0) is 12.5. The summed E-state index contributed by atoms with van der Waals surface area (Å²) in [5.74, 6) is 0.181. The smallest absolute Gasteiger partial charge is 0.255 e. The average molecular weight is 277 g/mol. The molecule has 2 nitrogen and oxygen atoms in total. The van der Waals surface area contributed by atoms with Gasteiger partial charge in [-0.2, -0.15) is 11.3 Å². The van der Waals surface area contributed by atoms with Crippen molar-refractivity contribution in [1.82, 2.24) is 4.90 Å². The molecule has 0 saturated carbocycles. The van der Waals surface area contributed by atoms with Crippen molar-refractivity contribution in [2.45, 2.75) is 25.8 Å². The topological polar surface area (TPSA) is 20.3 Å². The molecule has 1 aliphatic rings. The number of amides is 1. The molecule has 4 heteroatoms. The Hall–Kier alpha value is -1.13. The summed E-state index contributed by atoms with van der Waals surface area (Å²) >= 11 is 3.40. The Morgan fingerprint density at radius 3 is 3.06 bits per heavy atom. The minimum absolute atomic E-state index is 0.181. The van der Waals surface area contributed by atoms with E-state index in [1.165, 1.54) is 10.4 Å². The highest BCUT2D eigenvalue weighted by molar-refractivity contribution is 7.10. The molecule has 1 aliphatic heterocycles. The van der Waals surface area contributed by atoms with Crippen molar-refractivity contribution < 1.29 is 4.79 Å². The van der Waals surface area contributed by atoms with E-state index in [0.29, 0.717) is 0 Å². The van der Waals surface area contributed by atoms with E-state index in [1.807, 2.05) is 33.1 Å². The lowest BCUT2D eigenvalue weighted by Crippen LogP contribution is -2.39. The summed E-state index contributed by atoms with van der Waals surface area (Å²) in [6.07, 6.45) is 1.99. The molecule has 0 aliphatic carbocycles. The molecule has 1 unspecified atom stereocenters. The van der Waals surface area contributed by atoms with Gasteiger partial charge in [0.05, 0.1) is 11.6 Å². The van der Waals surface area contributed by atoms with Crippen LogP contribution in [0.1, 0.15) is 40.2 Å². The molecule has 3 heterocycles. The predicted octanol–water partition coefficient (Wildman–Crippen LogP) is 3.96. The van der Waals surface area contributed by atoms with Crippen molar-refractivity contribution in [2.24, 2.45) is 0 Å². The van der Waals surface area contributed by atoms with E-state index < -0.39 is 0 Å². The molecule has 0 bridgehead atoms. The molecule has 0 radical (unpaired) electrons. The number of hydrogen-bond acceptors (Lipinski definition) is 3. The first-order chi connectivity index (χ1) is 8.81. The number of fused-ring (bicyclic) bond motifs is 1. The van der Waals surface area contributed by atoms with Crippen LogP contribution in [0.2, 0.25) is 0 Å². The summed E-state index contributed by atoms with van der Waals surface area (Å²) in [4.78, 5) is 16.0. The number of thiophene rings is 2. The quantitative estimate of drug-likeness (QED) is 0.813. The lowest BCUT2D eigenvalue weighted by Gasteiger charge is -2.35. The average Bonchev–Trinajstić information content (AvgIpc) is 3.06. The second kappa shape index (κ2) is 4.86. The fourth-order valence-electron chi connectivity index (χ4n) is 2.63. The maximum absolute atomic E-state index is 12.5. The van der Waals surface area contributed by atoms with Crippen LogP contribution in [0.3, 0.4) is 0 Å². The van der Waals surface area contributed by atoms with Crippen molar-refractivity contribution in [3.63, 3.8) is 0 Å². The van der Waals surface area contributed by atoms with Gasteiger partial charge in [-0.3, -0.25) is 4.79 Å². The Kier molecular flexibility index (Phi) is 3.22.